The lowest BCUT2D eigenvalue weighted by atomic mass is 10.2. The van der Waals surface area contributed by atoms with E-state index >= 15 is 0 Å². The highest BCUT2D eigenvalue weighted by Gasteiger charge is 2.26. The van der Waals surface area contributed by atoms with Crippen molar-refractivity contribution in [3.63, 3.8) is 0 Å². The van der Waals surface area contributed by atoms with E-state index in [0.29, 0.717) is 6.04 Å². The van der Waals surface area contributed by atoms with Gasteiger partial charge in [-0.1, -0.05) is 11.6 Å². The molecule has 0 unspecified atom stereocenters. The van der Waals surface area contributed by atoms with Crippen LogP contribution in [0.4, 0.5) is 11.4 Å². The maximum atomic E-state index is 12.0. The van der Waals surface area contributed by atoms with E-state index in [0.717, 1.165) is 23.0 Å². The minimum absolute atomic E-state index is 0.0245. The number of ether oxygens (including phenoxy) is 1. The van der Waals surface area contributed by atoms with Gasteiger partial charge < -0.3 is 14.6 Å². The van der Waals surface area contributed by atoms with Gasteiger partial charge in [0.25, 0.3) is 11.6 Å². The summed E-state index contributed by atoms with van der Waals surface area (Å²) in [6, 6.07) is 6.41. The van der Waals surface area contributed by atoms with Gasteiger partial charge in [0, 0.05) is 34.6 Å². The third kappa shape index (κ3) is 5.03. The standard InChI is InChI=1S/C20H20ClN3O5/c1-12-9-14(13(2)23(12)16-5-6-16)3-8-20(26)29-11-19(25)22-17-7-4-15(21)10-18(17)24(27)28/h3-4,7-10,16H,5-6,11H2,1-2H3,(H,22,25)/b8-3+. The molecule has 9 heteroatoms. The number of hydrogen-bond donors (Lipinski definition) is 1. The minimum Gasteiger partial charge on any atom is -0.452 e. The van der Waals surface area contributed by atoms with E-state index in [1.807, 2.05) is 19.9 Å². The van der Waals surface area contributed by atoms with E-state index in [2.05, 4.69) is 9.88 Å². The molecule has 1 saturated carbocycles. The van der Waals surface area contributed by atoms with Crippen LogP contribution in [0.15, 0.2) is 30.3 Å². The van der Waals surface area contributed by atoms with Crippen molar-refractivity contribution in [1.29, 1.82) is 0 Å². The second-order valence-corrected chi connectivity index (χ2v) is 7.27. The molecule has 0 saturated heterocycles. The fraction of sp³-hybridized carbons (Fsp3) is 0.300. The van der Waals surface area contributed by atoms with Crippen LogP contribution in [0.1, 0.15) is 35.8 Å². The molecule has 1 aliphatic carbocycles. The normalized spacial score (nSPS) is 13.5. The lowest BCUT2D eigenvalue weighted by Gasteiger charge is -2.07. The number of rotatable bonds is 7. The molecule has 1 aliphatic rings. The number of nitrogens with one attached hydrogen (secondary N) is 1. The molecular weight excluding hydrogens is 398 g/mol. The summed E-state index contributed by atoms with van der Waals surface area (Å²) < 4.78 is 7.18. The van der Waals surface area contributed by atoms with E-state index in [9.17, 15) is 19.7 Å². The third-order valence-corrected chi connectivity index (χ3v) is 4.85. The Morgan fingerprint density at radius 2 is 2.07 bits per heavy atom. The molecule has 0 radical (unpaired) electrons. The predicted octanol–water partition coefficient (Wildman–Crippen LogP) is 4.20. The Labute approximate surface area is 172 Å². The molecule has 1 aromatic heterocycles. The Morgan fingerprint density at radius 3 is 2.72 bits per heavy atom. The fourth-order valence-electron chi connectivity index (χ4n) is 3.16. The van der Waals surface area contributed by atoms with Gasteiger partial charge in [0.15, 0.2) is 6.61 Å². The smallest absolute Gasteiger partial charge is 0.331 e. The molecule has 0 aliphatic heterocycles. The van der Waals surface area contributed by atoms with Crippen molar-refractivity contribution in [2.24, 2.45) is 0 Å². The molecule has 3 rings (SSSR count). The Balaban J connectivity index is 1.56. The van der Waals surface area contributed by atoms with E-state index in [1.54, 1.807) is 6.08 Å². The summed E-state index contributed by atoms with van der Waals surface area (Å²) in [7, 11) is 0. The van der Waals surface area contributed by atoms with Crippen molar-refractivity contribution in [3.8, 4) is 0 Å². The summed E-state index contributed by atoms with van der Waals surface area (Å²) in [6.45, 7) is 3.47. The van der Waals surface area contributed by atoms with Crippen molar-refractivity contribution in [2.75, 3.05) is 11.9 Å². The number of aryl methyl sites for hydroxylation is 1. The number of hydrogen-bond acceptors (Lipinski definition) is 5. The summed E-state index contributed by atoms with van der Waals surface area (Å²) in [4.78, 5) is 34.3. The maximum Gasteiger partial charge on any atom is 0.331 e. The zero-order valence-corrected chi connectivity index (χ0v) is 16.7. The van der Waals surface area contributed by atoms with Gasteiger partial charge in [-0.3, -0.25) is 14.9 Å². The number of carbonyl (C=O) groups is 2. The van der Waals surface area contributed by atoms with Crippen LogP contribution in [0.3, 0.4) is 0 Å². The van der Waals surface area contributed by atoms with Crippen molar-refractivity contribution >= 4 is 40.9 Å². The average molecular weight is 418 g/mol. The van der Waals surface area contributed by atoms with Gasteiger partial charge in [-0.2, -0.15) is 0 Å². The highest BCUT2D eigenvalue weighted by molar-refractivity contribution is 6.31. The molecule has 8 nitrogen and oxygen atoms in total. The average Bonchev–Trinajstić information content (AvgIpc) is 3.45. The zero-order chi connectivity index (χ0) is 21.1. The second-order valence-electron chi connectivity index (χ2n) is 6.84. The van der Waals surface area contributed by atoms with Crippen molar-refractivity contribution in [3.05, 3.63) is 62.4 Å². The number of aromatic nitrogens is 1. The van der Waals surface area contributed by atoms with Gasteiger partial charge >= 0.3 is 5.97 Å². The highest BCUT2D eigenvalue weighted by Crippen LogP contribution is 2.38. The van der Waals surface area contributed by atoms with E-state index in [-0.39, 0.29) is 16.4 Å². The number of halogens is 1. The molecule has 1 amide bonds. The van der Waals surface area contributed by atoms with Crippen molar-refractivity contribution in [1.82, 2.24) is 4.57 Å². The molecule has 1 aromatic carbocycles. The largest absolute Gasteiger partial charge is 0.452 e. The van der Waals surface area contributed by atoms with Crippen LogP contribution in [0.25, 0.3) is 6.08 Å². The van der Waals surface area contributed by atoms with Crippen LogP contribution in [0.5, 0.6) is 0 Å². The molecule has 1 fully saturated rings. The number of carbonyl (C=O) groups excluding carboxylic acids is 2. The lowest BCUT2D eigenvalue weighted by molar-refractivity contribution is -0.383. The summed E-state index contributed by atoms with van der Waals surface area (Å²) in [5.74, 6) is -1.37. The van der Waals surface area contributed by atoms with Gasteiger partial charge in [-0.15, -0.1) is 0 Å². The third-order valence-electron chi connectivity index (χ3n) is 4.61. The van der Waals surface area contributed by atoms with Gasteiger partial charge in [-0.25, -0.2) is 4.79 Å². The predicted molar refractivity (Wildman–Crippen MR) is 109 cm³/mol. The molecule has 29 heavy (non-hydrogen) atoms. The molecule has 2 aromatic rings. The van der Waals surface area contributed by atoms with E-state index < -0.39 is 23.4 Å². The Morgan fingerprint density at radius 1 is 1.34 bits per heavy atom. The number of anilines is 1. The summed E-state index contributed by atoms with van der Waals surface area (Å²) in [5.41, 5.74) is 2.78. The van der Waals surface area contributed by atoms with Crippen LogP contribution >= 0.6 is 11.6 Å². The Hall–Kier alpha value is -3.13. The summed E-state index contributed by atoms with van der Waals surface area (Å²) in [6.07, 6.45) is 5.26. The fourth-order valence-corrected chi connectivity index (χ4v) is 3.32. The first-order chi connectivity index (χ1) is 13.8. The Bertz CT molecular complexity index is 1010. The number of nitrogens with zero attached hydrogens (tertiary/aromatic N) is 2. The first kappa shape index (κ1) is 20.6. The van der Waals surface area contributed by atoms with Crippen LogP contribution in [0, 0.1) is 24.0 Å². The molecule has 0 atom stereocenters. The molecule has 1 N–H and O–H groups in total. The number of nitro benzene ring substituents is 1. The van der Waals surface area contributed by atoms with Gasteiger partial charge in [0.05, 0.1) is 4.92 Å². The first-order valence-corrected chi connectivity index (χ1v) is 9.41. The summed E-state index contributed by atoms with van der Waals surface area (Å²) >= 11 is 5.73. The van der Waals surface area contributed by atoms with E-state index in [4.69, 9.17) is 16.3 Å². The molecule has 0 bridgehead atoms. The highest BCUT2D eigenvalue weighted by atomic mass is 35.5. The number of esters is 1. The minimum atomic E-state index is -0.691. The van der Waals surface area contributed by atoms with Crippen LogP contribution in [-0.4, -0.2) is 28.0 Å². The molecular formula is C20H20ClN3O5. The molecule has 0 spiro atoms. The first-order valence-electron chi connectivity index (χ1n) is 9.03. The van der Waals surface area contributed by atoms with Crippen LogP contribution in [-0.2, 0) is 14.3 Å². The van der Waals surface area contributed by atoms with Crippen molar-refractivity contribution in [2.45, 2.75) is 32.7 Å². The monoisotopic (exact) mass is 417 g/mol. The maximum absolute atomic E-state index is 12.0. The van der Waals surface area contributed by atoms with Gasteiger partial charge in [0.1, 0.15) is 5.69 Å². The number of benzene rings is 1. The van der Waals surface area contributed by atoms with Crippen LogP contribution < -0.4 is 5.32 Å². The van der Waals surface area contributed by atoms with Gasteiger partial charge in [-0.05, 0) is 56.5 Å². The second kappa shape index (κ2) is 8.48. The van der Waals surface area contributed by atoms with E-state index in [1.165, 1.54) is 31.1 Å². The van der Waals surface area contributed by atoms with Crippen LogP contribution in [0.2, 0.25) is 5.02 Å². The zero-order valence-electron chi connectivity index (χ0n) is 16.0. The SMILES string of the molecule is Cc1cc(/C=C/C(=O)OCC(=O)Nc2ccc(Cl)cc2[N+](=O)[O-])c(C)n1C1CC1. The van der Waals surface area contributed by atoms with Gasteiger partial charge in [0.2, 0.25) is 0 Å². The quantitative estimate of drug-likeness (QED) is 0.315. The topological polar surface area (TPSA) is 103 Å². The molecule has 1 heterocycles. The summed E-state index contributed by atoms with van der Waals surface area (Å²) in [5, 5.41) is 13.6. The number of amides is 1. The molecule has 152 valence electrons. The lowest BCUT2D eigenvalue weighted by Crippen LogP contribution is -2.20. The Kier molecular flexibility index (Phi) is 6.03. The number of nitro groups is 1. The van der Waals surface area contributed by atoms with Crippen molar-refractivity contribution < 1.29 is 19.2 Å².